The van der Waals surface area contributed by atoms with Crippen LogP contribution in [0, 0.1) is 6.92 Å². The molecule has 1 amide bonds. The number of halogens is 3. The van der Waals surface area contributed by atoms with Crippen molar-refractivity contribution in [1.82, 2.24) is 10.3 Å². The number of benzene rings is 2. The molecular weight excluding hydrogens is 445 g/mol. The molecule has 0 spiro atoms. The first-order valence-corrected chi connectivity index (χ1v) is 11.0. The number of alkyl halides is 3. The highest BCUT2D eigenvalue weighted by Gasteiger charge is 2.38. The summed E-state index contributed by atoms with van der Waals surface area (Å²) in [5, 5.41) is 7.29. The molecule has 2 fully saturated rings. The van der Waals surface area contributed by atoms with Gasteiger partial charge in [-0.3, -0.25) is 4.79 Å². The number of aryl methyl sites for hydroxylation is 1. The summed E-state index contributed by atoms with van der Waals surface area (Å²) in [7, 11) is 0. The Kier molecular flexibility index (Phi) is 5.65. The zero-order valence-corrected chi connectivity index (χ0v) is 18.4. The second kappa shape index (κ2) is 8.64. The molecule has 2 unspecified atom stereocenters. The van der Waals surface area contributed by atoms with Gasteiger partial charge in [0.2, 0.25) is 5.91 Å². The molecule has 9 heteroatoms. The number of aromatic nitrogens is 1. The van der Waals surface area contributed by atoms with Gasteiger partial charge >= 0.3 is 6.36 Å². The van der Waals surface area contributed by atoms with E-state index in [9.17, 15) is 18.0 Å². The number of amides is 1. The van der Waals surface area contributed by atoms with Crippen LogP contribution in [-0.4, -0.2) is 42.4 Å². The first-order valence-electron chi connectivity index (χ1n) is 11.0. The largest absolute Gasteiger partial charge is 0.573 e. The number of piperazine rings is 1. The van der Waals surface area contributed by atoms with Gasteiger partial charge in [-0.25, -0.2) is 4.98 Å². The summed E-state index contributed by atoms with van der Waals surface area (Å²) in [5.74, 6) is 0.328. The lowest BCUT2D eigenvalue weighted by Gasteiger charge is -2.29. The molecule has 2 aliphatic rings. The van der Waals surface area contributed by atoms with E-state index in [1.54, 1.807) is 0 Å². The number of fused-ring (bicyclic) bond motifs is 3. The van der Waals surface area contributed by atoms with E-state index >= 15 is 0 Å². The summed E-state index contributed by atoms with van der Waals surface area (Å²) < 4.78 is 40.6. The van der Waals surface area contributed by atoms with Gasteiger partial charge in [-0.05, 0) is 66.9 Å². The zero-order valence-electron chi connectivity index (χ0n) is 18.4. The average molecular weight is 468 g/mol. The molecule has 6 nitrogen and oxygen atoms in total. The van der Waals surface area contributed by atoms with E-state index in [0.29, 0.717) is 23.3 Å². The summed E-state index contributed by atoms with van der Waals surface area (Å²) in [5.41, 5.74) is 3.17. The highest BCUT2D eigenvalue weighted by Crippen LogP contribution is 2.31. The Morgan fingerprint density at radius 2 is 2.00 bits per heavy atom. The van der Waals surface area contributed by atoms with Gasteiger partial charge in [-0.1, -0.05) is 12.1 Å². The average Bonchev–Trinajstić information content (AvgIpc) is 3.42. The van der Waals surface area contributed by atoms with Crippen LogP contribution in [0.5, 0.6) is 5.75 Å². The van der Waals surface area contributed by atoms with Crippen LogP contribution in [0.3, 0.4) is 0 Å². The highest BCUT2D eigenvalue weighted by atomic mass is 19.4. The fourth-order valence-corrected chi connectivity index (χ4v) is 4.58. The molecule has 0 radical (unpaired) electrons. The van der Waals surface area contributed by atoms with Gasteiger partial charge in [0.05, 0.1) is 5.52 Å². The van der Waals surface area contributed by atoms with Crippen molar-refractivity contribution >= 4 is 34.4 Å². The van der Waals surface area contributed by atoms with E-state index in [1.165, 1.54) is 36.4 Å². The molecule has 0 aliphatic carbocycles. The maximum atomic E-state index is 12.4. The van der Waals surface area contributed by atoms with E-state index in [4.69, 9.17) is 4.98 Å². The number of hydrogen-bond donors (Lipinski definition) is 2. The molecule has 2 N–H and O–H groups in total. The van der Waals surface area contributed by atoms with Crippen LogP contribution in [0.1, 0.15) is 17.5 Å². The van der Waals surface area contributed by atoms with E-state index in [2.05, 4.69) is 26.3 Å². The third kappa shape index (κ3) is 4.84. The van der Waals surface area contributed by atoms with Crippen LogP contribution in [0.15, 0.2) is 54.6 Å². The first-order chi connectivity index (χ1) is 16.2. The lowest BCUT2D eigenvalue weighted by atomic mass is 10.1. The van der Waals surface area contributed by atoms with Crippen molar-refractivity contribution in [3.8, 4) is 5.75 Å². The summed E-state index contributed by atoms with van der Waals surface area (Å²) in [6, 6.07) is 14.0. The van der Waals surface area contributed by atoms with Gasteiger partial charge < -0.3 is 20.3 Å². The molecule has 0 saturated carbocycles. The summed E-state index contributed by atoms with van der Waals surface area (Å²) in [6.45, 7) is 4.01. The predicted molar refractivity (Wildman–Crippen MR) is 125 cm³/mol. The van der Waals surface area contributed by atoms with Crippen molar-refractivity contribution in [3.05, 3.63) is 65.7 Å². The Labute approximate surface area is 194 Å². The Hall–Kier alpha value is -3.59. The minimum absolute atomic E-state index is 0.314. The van der Waals surface area contributed by atoms with Gasteiger partial charge in [0.15, 0.2) is 0 Å². The molecule has 2 aromatic carbocycles. The first kappa shape index (κ1) is 22.2. The fourth-order valence-electron chi connectivity index (χ4n) is 4.58. The summed E-state index contributed by atoms with van der Waals surface area (Å²) in [6.07, 6.45) is -0.736. The van der Waals surface area contributed by atoms with Crippen LogP contribution in [0.4, 0.5) is 24.7 Å². The number of ether oxygens (including phenoxy) is 1. The van der Waals surface area contributed by atoms with Crippen molar-refractivity contribution in [2.24, 2.45) is 0 Å². The highest BCUT2D eigenvalue weighted by molar-refractivity contribution is 6.03. The van der Waals surface area contributed by atoms with Crippen LogP contribution in [0.25, 0.3) is 17.0 Å². The molecule has 2 saturated heterocycles. The molecule has 2 bridgehead atoms. The van der Waals surface area contributed by atoms with Crippen molar-refractivity contribution in [3.63, 3.8) is 0 Å². The molecular formula is C25H23F3N4O2. The topological polar surface area (TPSA) is 66.5 Å². The van der Waals surface area contributed by atoms with Crippen molar-refractivity contribution in [2.75, 3.05) is 23.3 Å². The number of carbonyl (C=O) groups excluding carboxylic acids is 1. The minimum Gasteiger partial charge on any atom is -0.406 e. The van der Waals surface area contributed by atoms with Gasteiger partial charge in [0.25, 0.3) is 0 Å². The van der Waals surface area contributed by atoms with Gasteiger partial charge in [0, 0.05) is 42.3 Å². The number of pyridine rings is 1. The van der Waals surface area contributed by atoms with Crippen LogP contribution >= 0.6 is 0 Å². The number of anilines is 2. The smallest absolute Gasteiger partial charge is 0.406 e. The second-order valence-corrected chi connectivity index (χ2v) is 8.62. The lowest BCUT2D eigenvalue weighted by Crippen LogP contribution is -2.44. The zero-order chi connectivity index (χ0) is 23.9. The standard InChI is InChI=1S/C25H23F3N4O2/c1-15-10-23(32-14-18-11-19(32)13-29-18)31-22-8-5-17(12-21(15)22)30-24(33)9-4-16-2-6-20(7-3-16)34-25(26,27)28/h2-10,12,18-19,29H,11,13-14H2,1H3,(H,30,33)/b9-4+. The minimum atomic E-state index is -4.74. The quantitative estimate of drug-likeness (QED) is 0.534. The monoisotopic (exact) mass is 468 g/mol. The molecule has 3 aromatic rings. The van der Waals surface area contributed by atoms with Gasteiger partial charge in [-0.2, -0.15) is 0 Å². The molecule has 3 heterocycles. The van der Waals surface area contributed by atoms with Gasteiger partial charge in [-0.15, -0.1) is 13.2 Å². The number of hydrogen-bond acceptors (Lipinski definition) is 5. The maximum Gasteiger partial charge on any atom is 0.573 e. The van der Waals surface area contributed by atoms with Crippen LogP contribution in [0.2, 0.25) is 0 Å². The fraction of sp³-hybridized carbons (Fsp3) is 0.280. The third-order valence-electron chi connectivity index (χ3n) is 6.16. The van der Waals surface area contributed by atoms with E-state index < -0.39 is 6.36 Å². The molecule has 176 valence electrons. The Morgan fingerprint density at radius 3 is 2.68 bits per heavy atom. The summed E-state index contributed by atoms with van der Waals surface area (Å²) >= 11 is 0. The van der Waals surface area contributed by atoms with Gasteiger partial charge in [0.1, 0.15) is 11.6 Å². The van der Waals surface area contributed by atoms with Crippen molar-refractivity contribution < 1.29 is 22.7 Å². The third-order valence-corrected chi connectivity index (χ3v) is 6.16. The maximum absolute atomic E-state index is 12.4. The van der Waals surface area contributed by atoms with E-state index in [-0.39, 0.29) is 11.7 Å². The predicted octanol–water partition coefficient (Wildman–Crippen LogP) is 4.64. The second-order valence-electron chi connectivity index (χ2n) is 8.62. The van der Waals surface area contributed by atoms with E-state index in [0.717, 1.165) is 41.8 Å². The summed E-state index contributed by atoms with van der Waals surface area (Å²) in [4.78, 5) is 19.6. The van der Waals surface area contributed by atoms with Crippen LogP contribution in [-0.2, 0) is 4.79 Å². The Bertz CT molecular complexity index is 1260. The number of rotatable bonds is 5. The normalized spacial score (nSPS) is 19.8. The SMILES string of the molecule is Cc1cc(N2CC3CC2CN3)nc2ccc(NC(=O)/C=C/c3ccc(OC(F)(F)F)cc3)cc12. The molecule has 1 aromatic heterocycles. The molecule has 2 aliphatic heterocycles. The van der Waals surface area contributed by atoms with E-state index in [1.807, 2.05) is 25.1 Å². The molecule has 34 heavy (non-hydrogen) atoms. The lowest BCUT2D eigenvalue weighted by molar-refractivity contribution is -0.274. The Morgan fingerprint density at radius 1 is 1.21 bits per heavy atom. The molecule has 5 rings (SSSR count). The Balaban J connectivity index is 1.26. The van der Waals surface area contributed by atoms with Crippen molar-refractivity contribution in [2.45, 2.75) is 31.8 Å². The molecule has 2 atom stereocenters. The number of nitrogens with zero attached hydrogens (tertiary/aromatic N) is 2. The number of carbonyl (C=O) groups is 1. The van der Waals surface area contributed by atoms with Crippen LogP contribution < -0.4 is 20.3 Å². The van der Waals surface area contributed by atoms with Crippen molar-refractivity contribution in [1.29, 1.82) is 0 Å². The number of nitrogens with one attached hydrogen (secondary N) is 2.